The van der Waals surface area contributed by atoms with E-state index in [2.05, 4.69) is 18.2 Å². The molecule has 0 aromatic heterocycles. The van der Waals surface area contributed by atoms with Gasteiger partial charge in [0.2, 0.25) is 0 Å². The molecule has 0 amide bonds. The van der Waals surface area contributed by atoms with Gasteiger partial charge in [0.15, 0.2) is 5.84 Å². The first-order valence-electron chi connectivity index (χ1n) is 9.86. The van der Waals surface area contributed by atoms with Crippen LogP contribution in [0.15, 0.2) is 57.8 Å². The predicted octanol–water partition coefficient (Wildman–Crippen LogP) is 3.58. The van der Waals surface area contributed by atoms with Crippen LogP contribution in [0.4, 0.5) is 0 Å². The molecule has 2 heterocycles. The van der Waals surface area contributed by atoms with Crippen LogP contribution in [0.5, 0.6) is 5.75 Å². The highest BCUT2D eigenvalue weighted by molar-refractivity contribution is 7.90. The Hall–Kier alpha value is -2.67. The van der Waals surface area contributed by atoms with E-state index in [-0.39, 0.29) is 16.8 Å². The molecule has 0 spiro atoms. The zero-order valence-electron chi connectivity index (χ0n) is 16.5. The van der Waals surface area contributed by atoms with Crippen LogP contribution in [0.25, 0.3) is 0 Å². The summed E-state index contributed by atoms with van der Waals surface area (Å²) in [5, 5.41) is 0. The molecule has 1 saturated heterocycles. The van der Waals surface area contributed by atoms with Crippen molar-refractivity contribution < 1.29 is 17.9 Å². The van der Waals surface area contributed by atoms with Crippen LogP contribution >= 0.6 is 0 Å². The molecule has 29 heavy (non-hydrogen) atoms. The van der Waals surface area contributed by atoms with E-state index in [1.165, 1.54) is 0 Å². The number of amidine groups is 1. The number of hydrogen-bond donors (Lipinski definition) is 0. The lowest BCUT2D eigenvalue weighted by Gasteiger charge is -2.32. The van der Waals surface area contributed by atoms with Crippen LogP contribution in [0.1, 0.15) is 43.7 Å². The van der Waals surface area contributed by atoms with Crippen LogP contribution in [0, 0.1) is 5.92 Å². The van der Waals surface area contributed by atoms with E-state index in [1.807, 2.05) is 29.2 Å². The number of piperidine rings is 1. The number of hydrogen-bond acceptors (Lipinski definition) is 5. The lowest BCUT2D eigenvalue weighted by atomic mass is 9.96. The fourth-order valence-corrected chi connectivity index (χ4v) is 5.01. The van der Waals surface area contributed by atoms with Gasteiger partial charge in [-0.2, -0.15) is 8.42 Å². The topological polar surface area (TPSA) is 76.0 Å². The van der Waals surface area contributed by atoms with Crippen molar-refractivity contribution in [1.29, 1.82) is 0 Å². The lowest BCUT2D eigenvalue weighted by Crippen LogP contribution is -2.41. The molecule has 0 radical (unpaired) electrons. The molecule has 0 aliphatic carbocycles. The first-order chi connectivity index (χ1) is 13.8. The molecule has 4 rings (SSSR count). The van der Waals surface area contributed by atoms with Crippen LogP contribution < -0.4 is 4.74 Å². The molecule has 0 atom stereocenters. The van der Waals surface area contributed by atoms with Gasteiger partial charge in [-0.3, -0.25) is 4.79 Å². The highest BCUT2D eigenvalue weighted by Crippen LogP contribution is 2.30. The third kappa shape index (κ3) is 3.92. The predicted molar refractivity (Wildman–Crippen MR) is 111 cm³/mol. The summed E-state index contributed by atoms with van der Waals surface area (Å²) >= 11 is 0. The smallest absolute Gasteiger partial charge is 0.314 e. The molecule has 6 nitrogen and oxygen atoms in total. The molecule has 0 unspecified atom stereocenters. The quantitative estimate of drug-likeness (QED) is 0.569. The zero-order chi connectivity index (χ0) is 20.6. The van der Waals surface area contributed by atoms with Crippen molar-refractivity contribution in [1.82, 2.24) is 4.90 Å². The van der Waals surface area contributed by atoms with Crippen LogP contribution in [0.2, 0.25) is 0 Å². The summed E-state index contributed by atoms with van der Waals surface area (Å²) in [6.45, 7) is 5.32. The number of benzene rings is 2. The van der Waals surface area contributed by atoms with E-state index in [0.717, 1.165) is 5.56 Å². The van der Waals surface area contributed by atoms with Crippen molar-refractivity contribution in [2.24, 2.45) is 10.3 Å². The second kappa shape index (κ2) is 7.63. The number of carbonyl (C=O) groups is 1. The standard InChI is InChI=1S/C22H24N2O4S/c1-15(2)17-6-5-7-18(14-17)28-22(25)16-10-12-24(13-11-16)21-19-8-3-4-9-20(19)29(26,27)23-21/h3-9,14-16H,10-13H2,1-2H3. The summed E-state index contributed by atoms with van der Waals surface area (Å²) < 4.78 is 34.1. The van der Waals surface area contributed by atoms with Gasteiger partial charge in [0, 0.05) is 18.7 Å². The SMILES string of the molecule is CC(C)c1cccc(OC(=O)C2CCN(C3=NS(=O)(=O)c4ccccc43)CC2)c1. The Balaban J connectivity index is 1.41. The minimum absolute atomic E-state index is 0.206. The number of rotatable bonds is 3. The average molecular weight is 413 g/mol. The maximum absolute atomic E-state index is 12.6. The lowest BCUT2D eigenvalue weighted by molar-refractivity contribution is -0.140. The van der Waals surface area contributed by atoms with Gasteiger partial charge < -0.3 is 9.64 Å². The molecular formula is C22H24N2O4S. The Morgan fingerprint density at radius 2 is 1.83 bits per heavy atom. The maximum atomic E-state index is 12.6. The molecule has 1 fully saturated rings. The molecule has 2 aromatic carbocycles. The average Bonchev–Trinajstić information content (AvgIpc) is 2.99. The van der Waals surface area contributed by atoms with Gasteiger partial charge in [0.05, 0.1) is 5.92 Å². The summed E-state index contributed by atoms with van der Waals surface area (Å²) in [7, 11) is -3.63. The Morgan fingerprint density at radius 3 is 2.55 bits per heavy atom. The number of sulfonamides is 1. The van der Waals surface area contributed by atoms with Gasteiger partial charge in [0.1, 0.15) is 10.6 Å². The fraction of sp³-hybridized carbons (Fsp3) is 0.364. The van der Waals surface area contributed by atoms with Gasteiger partial charge in [-0.25, -0.2) is 0 Å². The van der Waals surface area contributed by atoms with E-state index < -0.39 is 10.0 Å². The summed E-state index contributed by atoms with van der Waals surface area (Å²) in [5.41, 5.74) is 1.77. The van der Waals surface area contributed by atoms with E-state index in [4.69, 9.17) is 4.74 Å². The zero-order valence-corrected chi connectivity index (χ0v) is 17.4. The third-order valence-corrected chi connectivity index (χ3v) is 6.81. The summed E-state index contributed by atoms with van der Waals surface area (Å²) in [5.74, 6) is 0.985. The van der Waals surface area contributed by atoms with Gasteiger partial charge in [-0.05, 0) is 48.6 Å². The highest BCUT2D eigenvalue weighted by atomic mass is 32.2. The fourth-order valence-electron chi connectivity index (χ4n) is 3.78. The van der Waals surface area contributed by atoms with Gasteiger partial charge in [-0.1, -0.05) is 38.1 Å². The van der Waals surface area contributed by atoms with Gasteiger partial charge >= 0.3 is 5.97 Å². The molecule has 2 aliphatic rings. The first kappa shape index (κ1) is 19.6. The first-order valence-corrected chi connectivity index (χ1v) is 11.3. The maximum Gasteiger partial charge on any atom is 0.314 e. The van der Waals surface area contributed by atoms with E-state index in [9.17, 15) is 13.2 Å². The molecule has 2 aliphatic heterocycles. The van der Waals surface area contributed by atoms with Crippen molar-refractivity contribution in [3.63, 3.8) is 0 Å². The number of ether oxygens (including phenoxy) is 1. The molecule has 0 saturated carbocycles. The molecule has 7 heteroatoms. The molecule has 2 aromatic rings. The van der Waals surface area contributed by atoms with Crippen molar-refractivity contribution in [3.8, 4) is 5.75 Å². The molecule has 152 valence electrons. The molecule has 0 bridgehead atoms. The van der Waals surface area contributed by atoms with Gasteiger partial charge in [0.25, 0.3) is 10.0 Å². The summed E-state index contributed by atoms with van der Waals surface area (Å²) in [4.78, 5) is 14.8. The number of carbonyl (C=O) groups excluding carboxylic acids is 1. The van der Waals surface area contributed by atoms with E-state index in [0.29, 0.717) is 49.0 Å². The summed E-state index contributed by atoms with van der Waals surface area (Å²) in [6.07, 6.45) is 1.20. The molecule has 0 N–H and O–H groups in total. The van der Waals surface area contributed by atoms with Gasteiger partial charge in [-0.15, -0.1) is 4.40 Å². The van der Waals surface area contributed by atoms with E-state index >= 15 is 0 Å². The van der Waals surface area contributed by atoms with Crippen LogP contribution in [-0.2, 0) is 14.8 Å². The molecular weight excluding hydrogens is 388 g/mol. The number of likely N-dealkylation sites (tertiary alicyclic amines) is 1. The number of nitrogens with zero attached hydrogens (tertiary/aromatic N) is 2. The largest absolute Gasteiger partial charge is 0.426 e. The second-order valence-electron chi connectivity index (χ2n) is 7.80. The Labute approximate surface area is 171 Å². The van der Waals surface area contributed by atoms with Crippen LogP contribution in [0.3, 0.4) is 0 Å². The highest BCUT2D eigenvalue weighted by Gasteiger charge is 2.34. The Bertz CT molecular complexity index is 1070. The number of fused-ring (bicyclic) bond motifs is 1. The summed E-state index contributed by atoms with van der Waals surface area (Å²) in [6, 6.07) is 14.5. The monoisotopic (exact) mass is 412 g/mol. The minimum atomic E-state index is -3.63. The normalized spacial score (nSPS) is 18.4. The third-order valence-electron chi connectivity index (χ3n) is 5.48. The van der Waals surface area contributed by atoms with E-state index in [1.54, 1.807) is 24.3 Å². The Morgan fingerprint density at radius 1 is 1.10 bits per heavy atom. The van der Waals surface area contributed by atoms with Crippen molar-refractivity contribution in [2.45, 2.75) is 37.5 Å². The van der Waals surface area contributed by atoms with Crippen molar-refractivity contribution in [3.05, 3.63) is 59.7 Å². The van der Waals surface area contributed by atoms with Crippen molar-refractivity contribution in [2.75, 3.05) is 13.1 Å². The van der Waals surface area contributed by atoms with Crippen molar-refractivity contribution >= 4 is 21.8 Å². The number of esters is 1. The second-order valence-corrected chi connectivity index (χ2v) is 9.37. The minimum Gasteiger partial charge on any atom is -0.426 e. The Kier molecular flexibility index (Phi) is 5.17. The van der Waals surface area contributed by atoms with Crippen LogP contribution in [-0.4, -0.2) is 38.2 Å².